The van der Waals surface area contributed by atoms with E-state index in [1.165, 1.54) is 24.3 Å². The Morgan fingerprint density at radius 3 is 2.45 bits per heavy atom. The minimum Gasteiger partial charge on any atom is -0.333 e. The van der Waals surface area contributed by atoms with Crippen LogP contribution < -0.4 is 5.32 Å². The number of anilines is 2. The first-order chi connectivity index (χ1) is 16.0. The van der Waals surface area contributed by atoms with Crippen molar-refractivity contribution in [3.05, 3.63) is 109 Å². The van der Waals surface area contributed by atoms with Crippen molar-refractivity contribution in [1.82, 2.24) is 19.5 Å². The molecule has 5 nitrogen and oxygen atoms in total. The number of fused-ring (bicyclic) bond motifs is 1. The molecule has 0 amide bonds. The Morgan fingerprint density at radius 2 is 1.79 bits per heavy atom. The molecule has 0 aliphatic heterocycles. The Kier molecular flexibility index (Phi) is 6.35. The zero-order valence-electron chi connectivity index (χ0n) is 17.8. The molecule has 166 valence electrons. The molecule has 1 N–H and O–H groups in total. The number of nitrogens with one attached hydrogen (secondary N) is 1. The second-order valence-electron chi connectivity index (χ2n) is 7.11. The van der Waals surface area contributed by atoms with Crippen LogP contribution in [0.4, 0.5) is 24.7 Å². The molecule has 2 aromatic carbocycles. The Morgan fingerprint density at radius 1 is 1.06 bits per heavy atom. The number of halogens is 3. The van der Waals surface area contributed by atoms with Crippen LogP contribution in [0.5, 0.6) is 0 Å². The Bertz CT molecular complexity index is 1350. The summed E-state index contributed by atoms with van der Waals surface area (Å²) in [4.78, 5) is 13.2. The molecule has 0 aliphatic rings. The fourth-order valence-electron chi connectivity index (χ4n) is 3.32. The third-order valence-corrected chi connectivity index (χ3v) is 4.88. The molecular weight excluding hydrogens is 427 g/mol. The molecular formula is C25H20F3N5. The number of hydrogen-bond donors (Lipinski definition) is 1. The van der Waals surface area contributed by atoms with Crippen molar-refractivity contribution in [2.75, 3.05) is 5.32 Å². The first-order valence-electron chi connectivity index (χ1n) is 10.1. The van der Waals surface area contributed by atoms with Gasteiger partial charge in [-0.1, -0.05) is 55.1 Å². The van der Waals surface area contributed by atoms with Gasteiger partial charge in [0.1, 0.15) is 23.1 Å². The van der Waals surface area contributed by atoms with Gasteiger partial charge in [-0.25, -0.2) is 28.1 Å². The Labute approximate surface area is 188 Å². The summed E-state index contributed by atoms with van der Waals surface area (Å²) in [5.41, 5.74) is 1.30. The van der Waals surface area contributed by atoms with Crippen molar-refractivity contribution in [3.63, 3.8) is 0 Å². The second-order valence-corrected chi connectivity index (χ2v) is 7.11. The van der Waals surface area contributed by atoms with Crippen LogP contribution in [0, 0.1) is 11.6 Å². The fourth-order valence-corrected chi connectivity index (χ4v) is 3.32. The molecule has 4 rings (SSSR count). The molecule has 0 fully saturated rings. The van der Waals surface area contributed by atoms with Crippen LogP contribution in [-0.4, -0.2) is 19.5 Å². The van der Waals surface area contributed by atoms with E-state index in [1.807, 2.05) is 30.3 Å². The van der Waals surface area contributed by atoms with Crippen molar-refractivity contribution < 1.29 is 13.2 Å². The van der Waals surface area contributed by atoms with Crippen molar-refractivity contribution >= 4 is 28.2 Å². The van der Waals surface area contributed by atoms with E-state index in [1.54, 1.807) is 17.8 Å². The average Bonchev–Trinajstić information content (AvgIpc) is 3.20. The molecule has 4 aromatic rings. The van der Waals surface area contributed by atoms with E-state index in [2.05, 4.69) is 26.8 Å². The zero-order chi connectivity index (χ0) is 23.4. The Balaban J connectivity index is 1.92. The number of para-hydroxylation sites is 1. The fraction of sp³-hybridized carbons (Fsp3) is 0.0800. The first-order valence-corrected chi connectivity index (χ1v) is 10.1. The van der Waals surface area contributed by atoms with E-state index in [0.29, 0.717) is 12.2 Å². The first kappa shape index (κ1) is 22.0. The quantitative estimate of drug-likeness (QED) is 0.336. The second kappa shape index (κ2) is 9.52. The number of nitrogens with zero attached hydrogens (tertiary/aromatic N) is 4. The molecule has 0 spiro atoms. The highest BCUT2D eigenvalue weighted by molar-refractivity contribution is 5.88. The van der Waals surface area contributed by atoms with Crippen molar-refractivity contribution in [2.45, 2.75) is 13.5 Å². The topological polar surface area (TPSA) is 55.6 Å². The van der Waals surface area contributed by atoms with Crippen LogP contribution >= 0.6 is 0 Å². The van der Waals surface area contributed by atoms with Gasteiger partial charge in [-0.2, -0.15) is 0 Å². The van der Waals surface area contributed by atoms with Gasteiger partial charge in [0.2, 0.25) is 0 Å². The molecule has 0 radical (unpaired) electrons. The van der Waals surface area contributed by atoms with Crippen LogP contribution in [-0.2, 0) is 6.54 Å². The van der Waals surface area contributed by atoms with E-state index in [0.717, 1.165) is 17.7 Å². The molecule has 0 saturated heterocycles. The summed E-state index contributed by atoms with van der Waals surface area (Å²) in [7, 11) is 0. The van der Waals surface area contributed by atoms with Gasteiger partial charge in [-0.3, -0.25) is 0 Å². The SMILES string of the molecule is C=C/C(=C(F)\C=C/C)c1nc(Nc2c(F)cccc2F)c2ncn(Cc3ccccc3)c2n1. The molecule has 0 saturated carbocycles. The average molecular weight is 447 g/mol. The molecule has 33 heavy (non-hydrogen) atoms. The molecule has 0 bridgehead atoms. The minimum atomic E-state index is -0.799. The molecule has 8 heteroatoms. The summed E-state index contributed by atoms with van der Waals surface area (Å²) >= 11 is 0. The number of allylic oxidation sites excluding steroid dienone is 5. The van der Waals surface area contributed by atoms with Crippen molar-refractivity contribution in [1.29, 1.82) is 0 Å². The van der Waals surface area contributed by atoms with E-state index in [-0.39, 0.29) is 28.4 Å². The molecule has 0 unspecified atom stereocenters. The van der Waals surface area contributed by atoms with Crippen LogP contribution in [0.15, 0.2) is 85.5 Å². The molecule has 2 heterocycles. The van der Waals surface area contributed by atoms with E-state index in [4.69, 9.17) is 0 Å². The predicted octanol–water partition coefficient (Wildman–Crippen LogP) is 6.34. The summed E-state index contributed by atoms with van der Waals surface area (Å²) in [6, 6.07) is 13.1. The van der Waals surface area contributed by atoms with Gasteiger partial charge in [-0.05, 0) is 30.7 Å². The lowest BCUT2D eigenvalue weighted by molar-refractivity contribution is 0.590. The van der Waals surface area contributed by atoms with Crippen LogP contribution in [0.25, 0.3) is 16.7 Å². The highest BCUT2D eigenvalue weighted by Gasteiger charge is 2.19. The van der Waals surface area contributed by atoms with Crippen molar-refractivity contribution in [3.8, 4) is 0 Å². The minimum absolute atomic E-state index is 0.00200. The smallest absolute Gasteiger partial charge is 0.167 e. The molecule has 2 aromatic heterocycles. The number of aromatic nitrogens is 4. The summed E-state index contributed by atoms with van der Waals surface area (Å²) < 4.78 is 45.1. The Hall–Kier alpha value is -4.20. The third-order valence-electron chi connectivity index (χ3n) is 4.88. The lowest BCUT2D eigenvalue weighted by atomic mass is 10.2. The lowest BCUT2D eigenvalue weighted by Crippen LogP contribution is -2.06. The number of rotatable bonds is 7. The van der Waals surface area contributed by atoms with Crippen LogP contribution in [0.2, 0.25) is 0 Å². The van der Waals surface area contributed by atoms with Gasteiger partial charge in [-0.15, -0.1) is 0 Å². The van der Waals surface area contributed by atoms with E-state index in [9.17, 15) is 13.2 Å². The summed E-state index contributed by atoms with van der Waals surface area (Å²) in [5, 5.41) is 2.68. The van der Waals surface area contributed by atoms with Gasteiger partial charge in [0, 0.05) is 0 Å². The van der Waals surface area contributed by atoms with Gasteiger partial charge in [0.25, 0.3) is 0 Å². The highest BCUT2D eigenvalue weighted by Crippen LogP contribution is 2.29. The summed E-state index contributed by atoms with van der Waals surface area (Å²) in [6.45, 7) is 5.78. The summed E-state index contributed by atoms with van der Waals surface area (Å²) in [5.74, 6) is -2.15. The monoisotopic (exact) mass is 447 g/mol. The molecule has 0 aliphatic carbocycles. The maximum Gasteiger partial charge on any atom is 0.167 e. The third kappa shape index (κ3) is 4.55. The zero-order valence-corrected chi connectivity index (χ0v) is 17.8. The van der Waals surface area contributed by atoms with Gasteiger partial charge in [0.15, 0.2) is 22.8 Å². The maximum absolute atomic E-state index is 14.7. The lowest BCUT2D eigenvalue weighted by Gasteiger charge is -2.12. The predicted molar refractivity (Wildman–Crippen MR) is 124 cm³/mol. The van der Waals surface area contributed by atoms with Crippen LogP contribution in [0.1, 0.15) is 18.3 Å². The summed E-state index contributed by atoms with van der Waals surface area (Å²) in [6.07, 6.45) is 5.64. The maximum atomic E-state index is 14.7. The van der Waals surface area contributed by atoms with Crippen LogP contribution in [0.3, 0.4) is 0 Å². The van der Waals surface area contributed by atoms with Crippen molar-refractivity contribution in [2.24, 2.45) is 0 Å². The van der Waals surface area contributed by atoms with Gasteiger partial charge >= 0.3 is 0 Å². The largest absolute Gasteiger partial charge is 0.333 e. The standard InChI is InChI=1S/C25H20F3N5/c1-3-9-18(26)17(4-2)23-31-24(30-21-19(27)12-8-13-20(21)28)22-25(32-23)33(15-29-22)14-16-10-6-5-7-11-16/h3-13,15H,2,14H2,1H3,(H,30,31,32)/b9-3-,18-17-. The van der Waals surface area contributed by atoms with Gasteiger partial charge in [0.05, 0.1) is 18.4 Å². The number of benzene rings is 2. The number of imidazole rings is 1. The highest BCUT2D eigenvalue weighted by atomic mass is 19.1. The normalized spacial score (nSPS) is 12.2. The van der Waals surface area contributed by atoms with Gasteiger partial charge < -0.3 is 9.88 Å². The molecule has 0 atom stereocenters. The number of hydrogen-bond acceptors (Lipinski definition) is 4. The van der Waals surface area contributed by atoms with E-state index < -0.39 is 17.5 Å². The van der Waals surface area contributed by atoms with E-state index >= 15 is 0 Å².